The third-order valence-electron chi connectivity index (χ3n) is 3.52. The summed E-state index contributed by atoms with van der Waals surface area (Å²) in [6.45, 7) is 1.03. The second-order valence-electron chi connectivity index (χ2n) is 5.24. The first kappa shape index (κ1) is 17.0. The van der Waals surface area contributed by atoms with Crippen molar-refractivity contribution in [3.63, 3.8) is 0 Å². The highest BCUT2D eigenvalue weighted by Gasteiger charge is 2.15. The minimum atomic E-state index is -0.0937. The molecular formula is C16H20ClN5O2. The van der Waals surface area contributed by atoms with Crippen molar-refractivity contribution in [1.82, 2.24) is 27.2 Å². The first-order valence-corrected chi connectivity index (χ1v) is 7.91. The number of hydrazine groups is 3. The van der Waals surface area contributed by atoms with Gasteiger partial charge in [-0.2, -0.15) is 11.1 Å². The number of ether oxygens (including phenoxy) is 2. The first-order chi connectivity index (χ1) is 11.8. The maximum Gasteiger partial charge on any atom is 0.180 e. The molecule has 128 valence electrons. The fourth-order valence-electron chi connectivity index (χ4n) is 2.32. The summed E-state index contributed by atoms with van der Waals surface area (Å²) in [5.74, 6) is 1.16. The molecule has 2 aromatic rings. The van der Waals surface area contributed by atoms with Crippen LogP contribution in [0.15, 0.2) is 42.5 Å². The van der Waals surface area contributed by atoms with Crippen LogP contribution in [0.1, 0.15) is 11.1 Å². The van der Waals surface area contributed by atoms with E-state index in [1.807, 2.05) is 42.5 Å². The molecule has 1 heterocycles. The zero-order valence-corrected chi connectivity index (χ0v) is 14.0. The number of nitrogens with one attached hydrogen (secondary N) is 5. The summed E-state index contributed by atoms with van der Waals surface area (Å²) < 4.78 is 11.3. The topological polar surface area (TPSA) is 78.6 Å². The summed E-state index contributed by atoms with van der Waals surface area (Å²) in [5, 5.41) is 3.77. The summed E-state index contributed by atoms with van der Waals surface area (Å²) >= 11 is 6.39. The van der Waals surface area contributed by atoms with Crippen LogP contribution in [0.3, 0.4) is 0 Å². The molecule has 0 saturated carbocycles. The van der Waals surface area contributed by atoms with Crippen LogP contribution in [-0.2, 0) is 13.2 Å². The van der Waals surface area contributed by atoms with E-state index in [0.717, 1.165) is 11.1 Å². The van der Waals surface area contributed by atoms with Gasteiger partial charge >= 0.3 is 0 Å². The average molecular weight is 350 g/mol. The van der Waals surface area contributed by atoms with Crippen molar-refractivity contribution in [3.05, 3.63) is 58.6 Å². The van der Waals surface area contributed by atoms with Crippen LogP contribution in [0.4, 0.5) is 0 Å². The Morgan fingerprint density at radius 2 is 1.83 bits per heavy atom. The van der Waals surface area contributed by atoms with Gasteiger partial charge in [0.25, 0.3) is 0 Å². The number of halogens is 1. The highest BCUT2D eigenvalue weighted by molar-refractivity contribution is 6.32. The molecule has 2 aromatic carbocycles. The van der Waals surface area contributed by atoms with Gasteiger partial charge in [-0.05, 0) is 23.3 Å². The molecule has 8 heteroatoms. The standard InChI is InChI=1S/C16H20ClN5O2/c1-23-14-8-12(9-18-16-19-21-22-20-16)7-13(17)15(14)24-10-11-5-3-2-4-6-11/h2-8,16,18-22H,9-10H2,1H3. The summed E-state index contributed by atoms with van der Waals surface area (Å²) in [5.41, 5.74) is 13.4. The smallest absolute Gasteiger partial charge is 0.180 e. The molecule has 1 fully saturated rings. The molecule has 0 bridgehead atoms. The second-order valence-corrected chi connectivity index (χ2v) is 5.64. The van der Waals surface area contributed by atoms with E-state index in [1.54, 1.807) is 7.11 Å². The quantitative estimate of drug-likeness (QED) is 0.517. The monoisotopic (exact) mass is 349 g/mol. The molecule has 0 unspecified atom stereocenters. The minimum absolute atomic E-state index is 0.0937. The Morgan fingerprint density at radius 3 is 2.54 bits per heavy atom. The molecule has 0 spiro atoms. The molecule has 0 atom stereocenters. The molecule has 0 radical (unpaired) electrons. The Hall–Kier alpha value is -1.87. The molecular weight excluding hydrogens is 330 g/mol. The van der Waals surface area contributed by atoms with E-state index in [1.165, 1.54) is 0 Å². The third-order valence-corrected chi connectivity index (χ3v) is 3.80. The van der Waals surface area contributed by atoms with Crippen LogP contribution >= 0.6 is 11.6 Å². The van der Waals surface area contributed by atoms with Crippen LogP contribution in [0.2, 0.25) is 5.02 Å². The predicted octanol–water partition coefficient (Wildman–Crippen LogP) is 1.42. The van der Waals surface area contributed by atoms with Gasteiger partial charge in [0.15, 0.2) is 11.5 Å². The zero-order chi connectivity index (χ0) is 16.8. The Labute approximate surface area is 145 Å². The fourth-order valence-corrected chi connectivity index (χ4v) is 2.61. The van der Waals surface area contributed by atoms with Gasteiger partial charge in [0.2, 0.25) is 0 Å². The molecule has 1 aliphatic rings. The summed E-state index contributed by atoms with van der Waals surface area (Å²) in [7, 11) is 1.60. The lowest BCUT2D eigenvalue weighted by molar-refractivity contribution is 0.284. The summed E-state index contributed by atoms with van der Waals surface area (Å²) in [6.07, 6.45) is -0.0937. The Morgan fingerprint density at radius 1 is 1.08 bits per heavy atom. The van der Waals surface area contributed by atoms with Gasteiger partial charge in [-0.15, -0.1) is 0 Å². The SMILES string of the molecule is COc1cc(CNC2NNNN2)cc(Cl)c1OCc1ccccc1. The lowest BCUT2D eigenvalue weighted by Crippen LogP contribution is -2.46. The summed E-state index contributed by atoms with van der Waals surface area (Å²) in [4.78, 5) is 0. The van der Waals surface area contributed by atoms with Crippen molar-refractivity contribution >= 4 is 11.6 Å². The van der Waals surface area contributed by atoms with Crippen molar-refractivity contribution in [2.24, 2.45) is 0 Å². The van der Waals surface area contributed by atoms with E-state index >= 15 is 0 Å². The van der Waals surface area contributed by atoms with Gasteiger partial charge in [-0.1, -0.05) is 41.9 Å². The summed E-state index contributed by atoms with van der Waals surface area (Å²) in [6, 6.07) is 13.7. The van der Waals surface area contributed by atoms with E-state index in [-0.39, 0.29) is 6.29 Å². The second kappa shape index (κ2) is 8.29. The van der Waals surface area contributed by atoms with Crippen molar-refractivity contribution in [3.8, 4) is 11.5 Å². The number of hydrogen-bond acceptors (Lipinski definition) is 7. The van der Waals surface area contributed by atoms with Crippen LogP contribution < -0.4 is 36.7 Å². The molecule has 0 amide bonds. The van der Waals surface area contributed by atoms with Gasteiger partial charge in [0.05, 0.1) is 12.1 Å². The van der Waals surface area contributed by atoms with Gasteiger partial charge in [-0.3, -0.25) is 5.32 Å². The van der Waals surface area contributed by atoms with Crippen molar-refractivity contribution in [2.75, 3.05) is 7.11 Å². The molecule has 5 N–H and O–H groups in total. The maximum atomic E-state index is 6.39. The highest BCUT2D eigenvalue weighted by atomic mass is 35.5. The van der Waals surface area contributed by atoms with Gasteiger partial charge in [0.1, 0.15) is 12.9 Å². The van der Waals surface area contributed by atoms with E-state index in [9.17, 15) is 0 Å². The number of benzene rings is 2. The van der Waals surface area contributed by atoms with Gasteiger partial charge < -0.3 is 9.47 Å². The van der Waals surface area contributed by atoms with Crippen LogP contribution in [0.5, 0.6) is 11.5 Å². The van der Waals surface area contributed by atoms with Gasteiger partial charge in [0, 0.05) is 6.54 Å². The molecule has 7 nitrogen and oxygen atoms in total. The van der Waals surface area contributed by atoms with Crippen LogP contribution in [0.25, 0.3) is 0 Å². The van der Waals surface area contributed by atoms with Gasteiger partial charge in [-0.25, -0.2) is 10.9 Å². The zero-order valence-electron chi connectivity index (χ0n) is 13.2. The lowest BCUT2D eigenvalue weighted by Gasteiger charge is -2.16. The molecule has 24 heavy (non-hydrogen) atoms. The van der Waals surface area contributed by atoms with E-state index in [0.29, 0.717) is 29.7 Å². The van der Waals surface area contributed by atoms with Crippen LogP contribution in [-0.4, -0.2) is 13.4 Å². The largest absolute Gasteiger partial charge is 0.493 e. The van der Waals surface area contributed by atoms with E-state index < -0.39 is 0 Å². The fraction of sp³-hybridized carbons (Fsp3) is 0.250. The lowest BCUT2D eigenvalue weighted by atomic mass is 10.2. The van der Waals surface area contributed by atoms with E-state index in [2.05, 4.69) is 27.2 Å². The molecule has 1 aliphatic heterocycles. The molecule has 0 aromatic heterocycles. The Balaban J connectivity index is 1.67. The average Bonchev–Trinajstić information content (AvgIpc) is 3.13. The number of hydrogen-bond donors (Lipinski definition) is 5. The Kier molecular flexibility index (Phi) is 5.86. The Bertz CT molecular complexity index is 665. The first-order valence-electron chi connectivity index (χ1n) is 7.54. The van der Waals surface area contributed by atoms with Crippen molar-refractivity contribution < 1.29 is 9.47 Å². The van der Waals surface area contributed by atoms with Crippen molar-refractivity contribution in [1.29, 1.82) is 0 Å². The van der Waals surface area contributed by atoms with E-state index in [4.69, 9.17) is 21.1 Å². The molecule has 3 rings (SSSR count). The number of methoxy groups -OCH3 is 1. The van der Waals surface area contributed by atoms with Crippen molar-refractivity contribution in [2.45, 2.75) is 19.4 Å². The molecule has 1 saturated heterocycles. The molecule has 0 aliphatic carbocycles. The minimum Gasteiger partial charge on any atom is -0.493 e. The highest BCUT2D eigenvalue weighted by Crippen LogP contribution is 2.37. The maximum absolute atomic E-state index is 6.39. The predicted molar refractivity (Wildman–Crippen MR) is 91.9 cm³/mol. The van der Waals surface area contributed by atoms with Crippen LogP contribution in [0, 0.1) is 0 Å². The number of rotatable bonds is 7. The normalized spacial score (nSPS) is 14.8. The third kappa shape index (κ3) is 4.35.